The number of hydrogen-bond acceptors (Lipinski definition) is 5. The lowest BCUT2D eigenvalue weighted by Crippen LogP contribution is -1.95. The van der Waals surface area contributed by atoms with Gasteiger partial charge in [0.2, 0.25) is 0 Å². The summed E-state index contributed by atoms with van der Waals surface area (Å²) in [5, 5.41) is 20.4. The van der Waals surface area contributed by atoms with Gasteiger partial charge in [0.25, 0.3) is 0 Å². The van der Waals surface area contributed by atoms with Crippen molar-refractivity contribution in [3.8, 4) is 34.5 Å². The average Bonchev–Trinajstić information content (AvgIpc) is 2.72. The molecule has 0 radical (unpaired) electrons. The van der Waals surface area contributed by atoms with Crippen LogP contribution in [0.25, 0.3) is 12.2 Å². The van der Waals surface area contributed by atoms with E-state index in [1.54, 1.807) is 45.4 Å². The average molecular weight is 300 g/mol. The first-order valence-corrected chi connectivity index (χ1v) is 6.73. The lowest BCUT2D eigenvalue weighted by molar-refractivity contribution is 0.367. The molecule has 1 aliphatic heterocycles. The number of rotatable bonds is 2. The van der Waals surface area contributed by atoms with Gasteiger partial charge in [-0.25, -0.2) is 0 Å². The SMILES string of the molecule is COc1cc2c(c(O)c1C)Oc1c(O)ccc(OC)c1C=C2. The molecule has 5 heteroatoms. The molecule has 2 aromatic carbocycles. The minimum absolute atomic E-state index is 0.0194. The number of hydrogen-bond donors (Lipinski definition) is 2. The van der Waals surface area contributed by atoms with Crippen LogP contribution in [0.15, 0.2) is 18.2 Å². The maximum absolute atomic E-state index is 10.4. The van der Waals surface area contributed by atoms with Gasteiger partial charge >= 0.3 is 0 Å². The molecule has 0 aromatic heterocycles. The second-order valence-electron chi connectivity index (χ2n) is 4.94. The Morgan fingerprint density at radius 2 is 1.68 bits per heavy atom. The molecule has 3 rings (SSSR count). The summed E-state index contributed by atoms with van der Waals surface area (Å²) in [5.41, 5.74) is 1.83. The summed E-state index contributed by atoms with van der Waals surface area (Å²) in [7, 11) is 3.09. The third-order valence-electron chi connectivity index (χ3n) is 3.70. The third-order valence-corrected chi connectivity index (χ3v) is 3.70. The molecule has 1 heterocycles. The van der Waals surface area contributed by atoms with E-state index in [-0.39, 0.29) is 23.0 Å². The van der Waals surface area contributed by atoms with Crippen LogP contribution >= 0.6 is 0 Å². The highest BCUT2D eigenvalue weighted by atomic mass is 16.5. The van der Waals surface area contributed by atoms with Crippen LogP contribution in [0, 0.1) is 6.92 Å². The Morgan fingerprint density at radius 1 is 0.955 bits per heavy atom. The van der Waals surface area contributed by atoms with Crippen molar-refractivity contribution in [1.82, 2.24) is 0 Å². The van der Waals surface area contributed by atoms with Crippen LogP contribution in [0.3, 0.4) is 0 Å². The highest BCUT2D eigenvalue weighted by Gasteiger charge is 2.23. The molecule has 0 bridgehead atoms. The van der Waals surface area contributed by atoms with Gasteiger partial charge in [0, 0.05) is 11.1 Å². The van der Waals surface area contributed by atoms with Crippen LogP contribution in [0.4, 0.5) is 0 Å². The molecule has 0 fully saturated rings. The van der Waals surface area contributed by atoms with E-state index in [0.717, 1.165) is 0 Å². The van der Waals surface area contributed by atoms with E-state index in [0.29, 0.717) is 28.2 Å². The summed E-state index contributed by atoms with van der Waals surface area (Å²) in [4.78, 5) is 0. The van der Waals surface area contributed by atoms with E-state index in [9.17, 15) is 10.2 Å². The van der Waals surface area contributed by atoms with E-state index in [1.165, 1.54) is 6.07 Å². The van der Waals surface area contributed by atoms with Crippen molar-refractivity contribution in [3.05, 3.63) is 34.9 Å². The fourth-order valence-corrected chi connectivity index (χ4v) is 2.47. The van der Waals surface area contributed by atoms with E-state index in [4.69, 9.17) is 14.2 Å². The van der Waals surface area contributed by atoms with Gasteiger partial charge in [-0.05, 0) is 31.2 Å². The van der Waals surface area contributed by atoms with Gasteiger partial charge in [-0.3, -0.25) is 0 Å². The van der Waals surface area contributed by atoms with Crippen molar-refractivity contribution in [3.63, 3.8) is 0 Å². The van der Waals surface area contributed by atoms with Crippen LogP contribution in [-0.2, 0) is 0 Å². The van der Waals surface area contributed by atoms with Crippen LogP contribution in [-0.4, -0.2) is 24.4 Å². The molecule has 0 atom stereocenters. The van der Waals surface area contributed by atoms with E-state index < -0.39 is 0 Å². The smallest absolute Gasteiger partial charge is 0.180 e. The number of fused-ring (bicyclic) bond motifs is 2. The molecule has 2 aromatic rings. The minimum atomic E-state index is -0.0267. The Labute approximate surface area is 128 Å². The number of phenolic OH excluding ortho intramolecular Hbond substituents is 2. The molecule has 22 heavy (non-hydrogen) atoms. The summed E-state index contributed by atoms with van der Waals surface area (Å²) >= 11 is 0. The second-order valence-corrected chi connectivity index (χ2v) is 4.94. The molecule has 0 spiro atoms. The number of ether oxygens (including phenoxy) is 3. The number of phenols is 2. The molecular formula is C17H16O5. The molecule has 1 aliphatic rings. The zero-order chi connectivity index (χ0) is 15.9. The minimum Gasteiger partial charge on any atom is -0.504 e. The first-order chi connectivity index (χ1) is 10.6. The van der Waals surface area contributed by atoms with Crippen molar-refractivity contribution in [2.75, 3.05) is 14.2 Å². The summed E-state index contributed by atoms with van der Waals surface area (Å²) < 4.78 is 16.3. The highest BCUT2D eigenvalue weighted by molar-refractivity contribution is 5.84. The Balaban J connectivity index is 2.25. The zero-order valence-corrected chi connectivity index (χ0v) is 12.5. The molecular weight excluding hydrogens is 284 g/mol. The summed E-state index contributed by atoms with van der Waals surface area (Å²) in [5.74, 6) is 1.60. The number of methoxy groups -OCH3 is 2. The van der Waals surface area contributed by atoms with Crippen molar-refractivity contribution in [2.45, 2.75) is 6.92 Å². The number of aromatic hydroxyl groups is 2. The van der Waals surface area contributed by atoms with Crippen LogP contribution in [0.1, 0.15) is 16.7 Å². The predicted octanol–water partition coefficient (Wildman–Crippen LogP) is 3.70. The standard InChI is InChI=1S/C17H16O5/c1-9-14(21-3)8-10-4-5-11-13(20-2)7-6-12(18)17(11)22-16(10)15(9)19/h4-8,18-19H,1-3H3. The van der Waals surface area contributed by atoms with Crippen molar-refractivity contribution in [2.24, 2.45) is 0 Å². The fourth-order valence-electron chi connectivity index (χ4n) is 2.47. The lowest BCUT2D eigenvalue weighted by atomic mass is 10.1. The molecule has 2 N–H and O–H groups in total. The largest absolute Gasteiger partial charge is 0.504 e. The van der Waals surface area contributed by atoms with E-state index >= 15 is 0 Å². The first-order valence-electron chi connectivity index (χ1n) is 6.73. The lowest BCUT2D eigenvalue weighted by Gasteiger charge is -2.16. The summed E-state index contributed by atoms with van der Waals surface area (Å²) in [6, 6.07) is 4.92. The van der Waals surface area contributed by atoms with Crippen LogP contribution in [0.5, 0.6) is 34.5 Å². The highest BCUT2D eigenvalue weighted by Crippen LogP contribution is 2.49. The van der Waals surface area contributed by atoms with Gasteiger partial charge in [0.05, 0.1) is 19.8 Å². The zero-order valence-electron chi connectivity index (χ0n) is 12.5. The molecule has 114 valence electrons. The maximum Gasteiger partial charge on any atom is 0.180 e. The fraction of sp³-hybridized carbons (Fsp3) is 0.176. The van der Waals surface area contributed by atoms with Crippen LogP contribution < -0.4 is 14.2 Å². The van der Waals surface area contributed by atoms with Crippen molar-refractivity contribution in [1.29, 1.82) is 0 Å². The van der Waals surface area contributed by atoms with Gasteiger partial charge in [0.15, 0.2) is 23.0 Å². The van der Waals surface area contributed by atoms with E-state index in [1.807, 2.05) is 0 Å². The molecule has 0 amide bonds. The normalized spacial score (nSPS) is 12.0. The Bertz CT molecular complexity index is 777. The van der Waals surface area contributed by atoms with Gasteiger partial charge in [0.1, 0.15) is 11.5 Å². The Hall–Kier alpha value is -2.82. The van der Waals surface area contributed by atoms with Crippen LogP contribution in [0.2, 0.25) is 0 Å². The molecule has 0 aliphatic carbocycles. The van der Waals surface area contributed by atoms with Gasteiger partial charge < -0.3 is 24.4 Å². The monoisotopic (exact) mass is 300 g/mol. The van der Waals surface area contributed by atoms with Crippen molar-refractivity contribution >= 4 is 12.2 Å². The first kappa shape index (κ1) is 14.1. The molecule has 5 nitrogen and oxygen atoms in total. The summed E-state index contributed by atoms with van der Waals surface area (Å²) in [6.07, 6.45) is 3.55. The van der Waals surface area contributed by atoms with Gasteiger partial charge in [-0.2, -0.15) is 0 Å². The second kappa shape index (κ2) is 5.18. The summed E-state index contributed by atoms with van der Waals surface area (Å²) in [6.45, 7) is 1.73. The quantitative estimate of drug-likeness (QED) is 0.755. The van der Waals surface area contributed by atoms with E-state index in [2.05, 4.69) is 0 Å². The molecule has 0 saturated carbocycles. The maximum atomic E-state index is 10.4. The molecule has 0 saturated heterocycles. The third kappa shape index (κ3) is 2.02. The van der Waals surface area contributed by atoms with Crippen molar-refractivity contribution < 1.29 is 24.4 Å². The number of benzene rings is 2. The van der Waals surface area contributed by atoms with Gasteiger partial charge in [-0.1, -0.05) is 6.08 Å². The molecule has 0 unspecified atom stereocenters. The van der Waals surface area contributed by atoms with Gasteiger partial charge in [-0.15, -0.1) is 0 Å². The topological polar surface area (TPSA) is 68.2 Å². The predicted molar refractivity (Wildman–Crippen MR) is 83.1 cm³/mol. The Kier molecular flexibility index (Phi) is 3.33. The Morgan fingerprint density at radius 3 is 2.36 bits per heavy atom.